The zero-order chi connectivity index (χ0) is 11.5. The predicted octanol–water partition coefficient (Wildman–Crippen LogP) is 3.67. The van der Waals surface area contributed by atoms with Gasteiger partial charge in [-0.2, -0.15) is 0 Å². The summed E-state index contributed by atoms with van der Waals surface area (Å²) in [6.07, 6.45) is 1.12. The maximum Gasteiger partial charge on any atom is 0.126 e. The van der Waals surface area contributed by atoms with Crippen LogP contribution >= 0.6 is 0 Å². The summed E-state index contributed by atoms with van der Waals surface area (Å²) < 4.78 is 0. The van der Waals surface area contributed by atoms with Gasteiger partial charge in [-0.25, -0.2) is 4.98 Å². The van der Waals surface area contributed by atoms with Crippen LogP contribution in [0.1, 0.15) is 24.5 Å². The second kappa shape index (κ2) is 4.52. The molecule has 0 saturated heterocycles. The number of anilines is 1. The summed E-state index contributed by atoms with van der Waals surface area (Å²) in [6.45, 7) is 7.38. The molecule has 1 heterocycles. The Kier molecular flexibility index (Phi) is 3.09. The van der Waals surface area contributed by atoms with Crippen LogP contribution in [-0.4, -0.2) is 11.5 Å². The number of nitrogens with one attached hydrogen (secondary N) is 1. The first-order valence-corrected chi connectivity index (χ1v) is 5.82. The molecule has 0 aliphatic rings. The average Bonchev–Trinajstić information content (AvgIpc) is 2.25. The Balaban J connectivity index is 2.45. The number of pyridine rings is 1. The van der Waals surface area contributed by atoms with Crippen LogP contribution in [0.25, 0.3) is 10.9 Å². The molecule has 1 aromatic carbocycles. The van der Waals surface area contributed by atoms with Gasteiger partial charge in [0.1, 0.15) is 5.82 Å². The molecule has 0 aliphatic heterocycles. The molecule has 2 aromatic rings. The van der Waals surface area contributed by atoms with Gasteiger partial charge < -0.3 is 5.32 Å². The van der Waals surface area contributed by atoms with E-state index in [4.69, 9.17) is 0 Å². The molecule has 0 fully saturated rings. The lowest BCUT2D eigenvalue weighted by Crippen LogP contribution is -2.01. The molecular weight excluding hydrogens is 196 g/mol. The van der Waals surface area contributed by atoms with Gasteiger partial charge in [0.15, 0.2) is 0 Å². The van der Waals surface area contributed by atoms with E-state index in [0.29, 0.717) is 0 Å². The molecule has 0 unspecified atom stereocenters. The van der Waals surface area contributed by atoms with Crippen molar-refractivity contribution in [2.45, 2.75) is 27.2 Å². The molecule has 1 N–H and O–H groups in total. The van der Waals surface area contributed by atoms with Crippen LogP contribution in [0.5, 0.6) is 0 Å². The van der Waals surface area contributed by atoms with Crippen molar-refractivity contribution in [3.05, 3.63) is 35.4 Å². The van der Waals surface area contributed by atoms with E-state index in [-0.39, 0.29) is 0 Å². The van der Waals surface area contributed by atoms with Crippen molar-refractivity contribution in [2.75, 3.05) is 11.9 Å². The summed E-state index contributed by atoms with van der Waals surface area (Å²) in [5, 5.41) is 4.56. The number of aromatic nitrogens is 1. The van der Waals surface area contributed by atoms with Crippen LogP contribution in [0.4, 0.5) is 5.82 Å². The van der Waals surface area contributed by atoms with Gasteiger partial charge in [0.25, 0.3) is 0 Å². The molecule has 84 valence electrons. The maximum absolute atomic E-state index is 4.62. The Bertz CT molecular complexity index is 503. The molecule has 1 aromatic heterocycles. The van der Waals surface area contributed by atoms with Gasteiger partial charge in [-0.15, -0.1) is 0 Å². The minimum atomic E-state index is 0.972. The monoisotopic (exact) mass is 214 g/mol. The average molecular weight is 214 g/mol. The highest BCUT2D eigenvalue weighted by atomic mass is 15.0. The minimum absolute atomic E-state index is 0.972. The molecule has 0 aliphatic carbocycles. The summed E-state index contributed by atoms with van der Waals surface area (Å²) in [7, 11) is 0. The van der Waals surface area contributed by atoms with Gasteiger partial charge in [0.2, 0.25) is 0 Å². The lowest BCUT2D eigenvalue weighted by atomic mass is 10.1. The number of benzene rings is 1. The SMILES string of the molecule is CCCNc1ccc2c(C)cc(C)cc2n1. The van der Waals surface area contributed by atoms with Gasteiger partial charge in [0, 0.05) is 11.9 Å². The fourth-order valence-electron chi connectivity index (χ4n) is 1.95. The van der Waals surface area contributed by atoms with Gasteiger partial charge in [-0.1, -0.05) is 13.0 Å². The van der Waals surface area contributed by atoms with Crippen molar-refractivity contribution in [3.63, 3.8) is 0 Å². The van der Waals surface area contributed by atoms with Crippen LogP contribution in [0.3, 0.4) is 0 Å². The molecule has 0 amide bonds. The van der Waals surface area contributed by atoms with E-state index in [2.05, 4.69) is 55.3 Å². The van der Waals surface area contributed by atoms with E-state index in [1.165, 1.54) is 16.5 Å². The Morgan fingerprint density at radius 3 is 2.75 bits per heavy atom. The molecule has 2 nitrogen and oxygen atoms in total. The standard InChI is InChI=1S/C14H18N2/c1-4-7-15-14-6-5-12-11(3)8-10(2)9-13(12)16-14/h5-6,8-9H,4,7H2,1-3H3,(H,15,16). The van der Waals surface area contributed by atoms with Crippen molar-refractivity contribution in [1.29, 1.82) is 0 Å². The highest BCUT2D eigenvalue weighted by Crippen LogP contribution is 2.20. The van der Waals surface area contributed by atoms with Gasteiger partial charge in [-0.05, 0) is 49.6 Å². The van der Waals surface area contributed by atoms with Gasteiger partial charge in [-0.3, -0.25) is 0 Å². The fourth-order valence-corrected chi connectivity index (χ4v) is 1.95. The number of aryl methyl sites for hydroxylation is 2. The van der Waals surface area contributed by atoms with E-state index < -0.39 is 0 Å². The highest BCUT2D eigenvalue weighted by Gasteiger charge is 2.01. The smallest absolute Gasteiger partial charge is 0.126 e. The lowest BCUT2D eigenvalue weighted by Gasteiger charge is -2.07. The summed E-state index contributed by atoms with van der Waals surface area (Å²) in [5.41, 5.74) is 3.65. The van der Waals surface area contributed by atoms with Crippen LogP contribution in [0.15, 0.2) is 24.3 Å². The quantitative estimate of drug-likeness (QED) is 0.843. The summed E-state index contributed by atoms with van der Waals surface area (Å²) in [5.74, 6) is 0.972. The van der Waals surface area contributed by atoms with Crippen LogP contribution in [0, 0.1) is 13.8 Å². The van der Waals surface area contributed by atoms with E-state index in [0.717, 1.165) is 24.3 Å². The Morgan fingerprint density at radius 1 is 1.19 bits per heavy atom. The molecule has 0 radical (unpaired) electrons. The molecule has 0 saturated carbocycles. The normalized spacial score (nSPS) is 10.7. The molecule has 0 atom stereocenters. The minimum Gasteiger partial charge on any atom is -0.370 e. The summed E-state index contributed by atoms with van der Waals surface area (Å²) in [6, 6.07) is 8.54. The molecule has 16 heavy (non-hydrogen) atoms. The van der Waals surface area contributed by atoms with Crippen LogP contribution < -0.4 is 5.32 Å². The van der Waals surface area contributed by atoms with Crippen LogP contribution in [0.2, 0.25) is 0 Å². The number of hydrogen-bond acceptors (Lipinski definition) is 2. The molecule has 0 bridgehead atoms. The second-order valence-corrected chi connectivity index (χ2v) is 4.27. The topological polar surface area (TPSA) is 24.9 Å². The Labute approximate surface area is 96.7 Å². The molecule has 0 spiro atoms. The van der Waals surface area contributed by atoms with Crippen LogP contribution in [-0.2, 0) is 0 Å². The largest absolute Gasteiger partial charge is 0.370 e. The number of rotatable bonds is 3. The first kappa shape index (κ1) is 10.9. The number of hydrogen-bond donors (Lipinski definition) is 1. The van der Waals surface area contributed by atoms with Crippen molar-refractivity contribution < 1.29 is 0 Å². The Hall–Kier alpha value is -1.57. The van der Waals surface area contributed by atoms with E-state index in [9.17, 15) is 0 Å². The second-order valence-electron chi connectivity index (χ2n) is 4.27. The third kappa shape index (κ3) is 2.16. The summed E-state index contributed by atoms with van der Waals surface area (Å²) in [4.78, 5) is 4.62. The van der Waals surface area contributed by atoms with Gasteiger partial charge in [0.05, 0.1) is 5.52 Å². The summed E-state index contributed by atoms with van der Waals surface area (Å²) >= 11 is 0. The molecule has 2 heteroatoms. The molecular formula is C14H18N2. The number of fused-ring (bicyclic) bond motifs is 1. The van der Waals surface area contributed by atoms with Crippen molar-refractivity contribution in [2.24, 2.45) is 0 Å². The van der Waals surface area contributed by atoms with Crippen molar-refractivity contribution >= 4 is 16.7 Å². The Morgan fingerprint density at radius 2 is 2.00 bits per heavy atom. The zero-order valence-corrected chi connectivity index (χ0v) is 10.2. The first-order chi connectivity index (χ1) is 7.70. The molecule has 2 rings (SSSR count). The van der Waals surface area contributed by atoms with Gasteiger partial charge >= 0.3 is 0 Å². The van der Waals surface area contributed by atoms with E-state index in [1.807, 2.05) is 0 Å². The maximum atomic E-state index is 4.62. The highest BCUT2D eigenvalue weighted by molar-refractivity contribution is 5.84. The van der Waals surface area contributed by atoms with Crippen molar-refractivity contribution in [1.82, 2.24) is 4.98 Å². The van der Waals surface area contributed by atoms with E-state index >= 15 is 0 Å². The van der Waals surface area contributed by atoms with Crippen molar-refractivity contribution in [3.8, 4) is 0 Å². The number of nitrogens with zero attached hydrogens (tertiary/aromatic N) is 1. The zero-order valence-electron chi connectivity index (χ0n) is 10.2. The lowest BCUT2D eigenvalue weighted by molar-refractivity contribution is 0.971. The van der Waals surface area contributed by atoms with E-state index in [1.54, 1.807) is 0 Å². The third-order valence-corrected chi connectivity index (χ3v) is 2.71. The fraction of sp³-hybridized carbons (Fsp3) is 0.357. The predicted molar refractivity (Wildman–Crippen MR) is 70.0 cm³/mol. The first-order valence-electron chi connectivity index (χ1n) is 5.82. The third-order valence-electron chi connectivity index (χ3n) is 2.71.